The SMILES string of the molecule is NCCCCCNC(=O)CN(CC(=O)NCCCCCC(=O)NCCO[C@H]1O[C@H](CO)[C@@H](O)[C@H](O)[C@@H]1O)CC(=O)NCCCC[C@@H](C(=O)NCCO[C@H]1O[C@H](CO)[C@@H](O)[C@H](O)[C@@H]1O)N(CC(=O)NCCO[C@H]1O[C@H](CO)[C@@H](O)[C@H](O)[C@@H]1O)CC(=O)NCCO[C@H]1O[C@H](CO)[C@@H](O)[C@H](O)[C@@H]1O. The molecule has 41 nitrogen and oxygen atoms in total. The van der Waals surface area contributed by atoms with Gasteiger partial charge in [0.1, 0.15) is 97.7 Å². The number of carbonyl (C=O) groups excluding carboxylic acids is 7. The summed E-state index contributed by atoms with van der Waals surface area (Å²) in [6, 6.07) is -1.37. The fourth-order valence-corrected chi connectivity index (χ4v) is 10.8. The molecule has 4 saturated heterocycles. The van der Waals surface area contributed by atoms with E-state index in [1.165, 1.54) is 9.80 Å². The van der Waals surface area contributed by atoms with E-state index < -0.39 is 217 Å². The summed E-state index contributed by atoms with van der Waals surface area (Å²) >= 11 is 0. The second-order valence-corrected chi connectivity index (χ2v) is 24.4. The molecule has 0 aromatic rings. The smallest absolute Gasteiger partial charge is 0.237 e. The fraction of sp³-hybridized carbons (Fsp3) is 0.881. The molecule has 100 heavy (non-hydrogen) atoms. The average Bonchev–Trinajstić information content (AvgIpc) is 0.837. The third-order valence-electron chi connectivity index (χ3n) is 16.6. The molecule has 0 saturated carbocycles. The summed E-state index contributed by atoms with van der Waals surface area (Å²) in [6.45, 7) is -6.65. The highest BCUT2D eigenvalue weighted by molar-refractivity contribution is 5.86. The number of nitrogens with two attached hydrogens (primary N) is 1. The van der Waals surface area contributed by atoms with Crippen LogP contribution in [0.3, 0.4) is 0 Å². The van der Waals surface area contributed by atoms with E-state index in [0.29, 0.717) is 38.8 Å². The molecule has 25 N–H and O–H groups in total. The Balaban J connectivity index is 1.40. The minimum absolute atomic E-state index is 0.0208. The van der Waals surface area contributed by atoms with Gasteiger partial charge in [-0.25, -0.2) is 0 Å². The number of hydrogen-bond acceptors (Lipinski definition) is 34. The minimum Gasteiger partial charge on any atom is -0.394 e. The zero-order chi connectivity index (χ0) is 73.8. The molecular formula is C59H108N10O31. The first-order valence-corrected chi connectivity index (χ1v) is 33.5. The molecule has 4 aliphatic rings. The lowest BCUT2D eigenvalue weighted by atomic mass is 9.99. The van der Waals surface area contributed by atoms with E-state index in [1.54, 1.807) is 0 Å². The molecule has 7 amide bonds. The Morgan fingerprint density at radius 3 is 0.960 bits per heavy atom. The zero-order valence-electron chi connectivity index (χ0n) is 55.8. The number of hydrogen-bond donors (Lipinski definition) is 24. The van der Waals surface area contributed by atoms with Gasteiger partial charge in [-0.05, 0) is 51.5 Å². The maximum absolute atomic E-state index is 14.3. The summed E-state index contributed by atoms with van der Waals surface area (Å²) in [7, 11) is 0. The van der Waals surface area contributed by atoms with E-state index in [9.17, 15) is 115 Å². The van der Waals surface area contributed by atoms with Crippen molar-refractivity contribution in [3.8, 4) is 0 Å². The lowest BCUT2D eigenvalue weighted by Crippen LogP contribution is -2.59. The Morgan fingerprint density at radius 2 is 0.630 bits per heavy atom. The number of amides is 7. The molecule has 4 heterocycles. The largest absolute Gasteiger partial charge is 0.394 e. The topological polar surface area (TPSA) is 634 Å². The monoisotopic (exact) mass is 1450 g/mol. The van der Waals surface area contributed by atoms with Gasteiger partial charge in [0.2, 0.25) is 41.4 Å². The van der Waals surface area contributed by atoms with Gasteiger partial charge >= 0.3 is 0 Å². The Bertz CT molecular complexity index is 2330. The number of aliphatic hydroxyl groups excluding tert-OH is 16. The van der Waals surface area contributed by atoms with Crippen molar-refractivity contribution in [2.45, 2.75) is 193 Å². The third-order valence-corrected chi connectivity index (χ3v) is 16.6. The number of nitrogens with zero attached hydrogens (tertiary/aromatic N) is 2. The highest BCUT2D eigenvalue weighted by Gasteiger charge is 2.47. The van der Waals surface area contributed by atoms with E-state index in [1.807, 2.05) is 0 Å². The molecule has 41 heteroatoms. The fourth-order valence-electron chi connectivity index (χ4n) is 10.8. The highest BCUT2D eigenvalue weighted by atomic mass is 16.7. The van der Waals surface area contributed by atoms with E-state index in [4.69, 9.17) is 43.6 Å². The first-order valence-electron chi connectivity index (χ1n) is 33.5. The van der Waals surface area contributed by atoms with Crippen LogP contribution in [0.1, 0.15) is 64.2 Å². The molecule has 4 fully saturated rings. The molecule has 0 bridgehead atoms. The van der Waals surface area contributed by atoms with Crippen LogP contribution in [0.15, 0.2) is 0 Å². The van der Waals surface area contributed by atoms with Crippen LogP contribution in [0.25, 0.3) is 0 Å². The summed E-state index contributed by atoms with van der Waals surface area (Å²) in [5, 5.41) is 179. The maximum Gasteiger partial charge on any atom is 0.237 e. The molecule has 4 aliphatic heterocycles. The van der Waals surface area contributed by atoms with Crippen molar-refractivity contribution in [2.75, 3.05) is 138 Å². The van der Waals surface area contributed by atoms with Gasteiger partial charge in [0.05, 0.1) is 91.6 Å². The van der Waals surface area contributed by atoms with E-state index in [-0.39, 0.29) is 104 Å². The first kappa shape index (κ1) is 87.6. The van der Waals surface area contributed by atoms with Gasteiger partial charge in [-0.1, -0.05) is 12.8 Å². The number of nitrogens with one attached hydrogen (secondary N) is 7. The molecule has 0 aromatic carbocycles. The van der Waals surface area contributed by atoms with E-state index >= 15 is 0 Å². The molecule has 0 spiro atoms. The van der Waals surface area contributed by atoms with Crippen molar-refractivity contribution in [3.05, 3.63) is 0 Å². The van der Waals surface area contributed by atoms with Gasteiger partial charge in [0.15, 0.2) is 25.2 Å². The Morgan fingerprint density at radius 1 is 0.340 bits per heavy atom. The zero-order valence-corrected chi connectivity index (χ0v) is 55.8. The van der Waals surface area contributed by atoms with Gasteiger partial charge in [-0.3, -0.25) is 43.4 Å². The van der Waals surface area contributed by atoms with Crippen molar-refractivity contribution >= 4 is 41.4 Å². The van der Waals surface area contributed by atoms with Crippen LogP contribution in [0, 0.1) is 0 Å². The van der Waals surface area contributed by atoms with Gasteiger partial charge in [-0.15, -0.1) is 0 Å². The van der Waals surface area contributed by atoms with Gasteiger partial charge in [0, 0.05) is 52.2 Å². The van der Waals surface area contributed by atoms with Crippen molar-refractivity contribution in [1.82, 2.24) is 47.0 Å². The minimum atomic E-state index is -1.78. The Labute approximate surface area is 576 Å². The first-order chi connectivity index (χ1) is 47.8. The summed E-state index contributed by atoms with van der Waals surface area (Å²) in [4.78, 5) is 96.6. The molecule has 580 valence electrons. The van der Waals surface area contributed by atoms with Gasteiger partial charge in [-0.2, -0.15) is 0 Å². The molecule has 21 atom stereocenters. The second kappa shape index (κ2) is 47.5. The molecule has 4 rings (SSSR count). The number of unbranched alkanes of at least 4 members (excludes halogenated alkanes) is 5. The maximum atomic E-state index is 14.3. The van der Waals surface area contributed by atoms with Crippen LogP contribution in [-0.4, -0.2) is 400 Å². The Hall–Kier alpha value is -4.79. The van der Waals surface area contributed by atoms with Gasteiger partial charge in [0.25, 0.3) is 0 Å². The predicted octanol–water partition coefficient (Wildman–Crippen LogP) is -14.1. The molecule has 0 radical (unpaired) electrons. The number of carbonyl (C=O) groups is 7. The number of rotatable bonds is 48. The Kier molecular flexibility index (Phi) is 41.7. The molecule has 0 aromatic heterocycles. The van der Waals surface area contributed by atoms with Crippen LogP contribution in [0.2, 0.25) is 0 Å². The van der Waals surface area contributed by atoms with Crippen LogP contribution in [0.5, 0.6) is 0 Å². The van der Waals surface area contributed by atoms with Crippen LogP contribution >= 0.6 is 0 Å². The summed E-state index contributed by atoms with van der Waals surface area (Å²) in [5.74, 6) is -4.30. The molecule has 0 unspecified atom stereocenters. The van der Waals surface area contributed by atoms with E-state index in [2.05, 4.69) is 37.2 Å². The van der Waals surface area contributed by atoms with Crippen molar-refractivity contribution in [1.29, 1.82) is 0 Å². The quantitative estimate of drug-likeness (QED) is 0.0252. The highest BCUT2D eigenvalue weighted by Crippen LogP contribution is 2.26. The van der Waals surface area contributed by atoms with Crippen LogP contribution < -0.4 is 43.0 Å². The molecule has 0 aliphatic carbocycles. The summed E-state index contributed by atoms with van der Waals surface area (Å²) in [6.07, 6.45) is -27.7. The lowest BCUT2D eigenvalue weighted by Gasteiger charge is -2.39. The molecular weight excluding hydrogens is 1340 g/mol. The van der Waals surface area contributed by atoms with Crippen LogP contribution in [-0.2, 0) is 71.5 Å². The van der Waals surface area contributed by atoms with Crippen molar-refractivity contribution in [3.63, 3.8) is 0 Å². The second-order valence-electron chi connectivity index (χ2n) is 24.4. The van der Waals surface area contributed by atoms with E-state index in [0.717, 1.165) is 12.8 Å². The lowest BCUT2D eigenvalue weighted by molar-refractivity contribution is -0.300. The van der Waals surface area contributed by atoms with Gasteiger partial charge < -0.3 is 163 Å². The van der Waals surface area contributed by atoms with Crippen molar-refractivity contribution < 1.29 is 153 Å². The number of aliphatic hydroxyl groups is 16. The predicted molar refractivity (Wildman–Crippen MR) is 337 cm³/mol. The standard InChI is InChI=1S/C59H108N10O31/c60-11-5-2-7-13-62-39(76)24-68(23-38(75)61-12-6-1-3-10-37(74)64-15-19-93-56-51(88)47(84)43(80)33(28-70)97-56)25-40(77)63-14-8-4-9-32(55(92)67-18-22-96-59-54(91)50(87)46(83)36(31-73)100-59)69(26-41(78)65-16-20-94-57-52(89)48(85)44(81)34(29-71)98-57)27-42(79)66-17-21-95-58-53(90)49(86)45(82)35(30-72)99-58/h32-36,43-54,56-59,70-73,80-91H,1-31,60H2,(H,61,75)(H,62,76)(H,63,77)(H,64,74)(H,65,78)(H,66,79)(H,67,92)/t32-,33+,34+,35+,36+,43+,44+,45+,46+,47-,48-,49-,50-,51-,52-,53-,54-,56-,57-,58-,59-/m0/s1. The number of ether oxygens (including phenoxy) is 8. The summed E-state index contributed by atoms with van der Waals surface area (Å²) in [5.41, 5.74) is 5.59. The normalized spacial score (nSPS) is 30.3. The summed E-state index contributed by atoms with van der Waals surface area (Å²) < 4.78 is 43.2. The average molecular weight is 1450 g/mol. The third kappa shape index (κ3) is 29.8. The van der Waals surface area contributed by atoms with Crippen LogP contribution in [0.4, 0.5) is 0 Å². The van der Waals surface area contributed by atoms with Crippen molar-refractivity contribution in [2.24, 2.45) is 5.73 Å².